The summed E-state index contributed by atoms with van der Waals surface area (Å²) in [4.78, 5) is 10.1. The monoisotopic (exact) mass is 251 g/mol. The Balaban J connectivity index is 1.93. The van der Waals surface area contributed by atoms with Crippen LogP contribution in [-0.2, 0) is 4.74 Å². The second-order valence-electron chi connectivity index (χ2n) is 4.40. The molecule has 0 spiro atoms. The average Bonchev–Trinajstić information content (AvgIpc) is 2.37. The van der Waals surface area contributed by atoms with Gasteiger partial charge in [-0.15, -0.1) is 0 Å². The molecule has 1 fully saturated rings. The van der Waals surface area contributed by atoms with Crippen LogP contribution < -0.4 is 11.1 Å². The molecule has 0 aliphatic carbocycles. The van der Waals surface area contributed by atoms with Crippen LogP contribution in [-0.4, -0.2) is 24.2 Å². The minimum Gasteiger partial charge on any atom is -0.393 e. The first-order chi connectivity index (χ1) is 8.66. The molecule has 1 aromatic rings. The topological polar surface area (TPSA) is 90.4 Å². The molecule has 3 N–H and O–H groups in total. The van der Waals surface area contributed by atoms with Gasteiger partial charge in [0.05, 0.1) is 11.0 Å². The maximum absolute atomic E-state index is 10.6. The quantitative estimate of drug-likeness (QED) is 0.486. The molecule has 2 rings (SSSR count). The maximum atomic E-state index is 10.6. The molecule has 0 amide bonds. The van der Waals surface area contributed by atoms with Crippen LogP contribution in [0.3, 0.4) is 0 Å². The Morgan fingerprint density at radius 1 is 1.50 bits per heavy atom. The van der Waals surface area contributed by atoms with E-state index < -0.39 is 4.92 Å². The van der Waals surface area contributed by atoms with Crippen molar-refractivity contribution in [2.24, 2.45) is 0 Å². The number of nitrogens with one attached hydrogen (secondary N) is 1. The highest BCUT2D eigenvalue weighted by Gasteiger charge is 2.14. The lowest BCUT2D eigenvalue weighted by Crippen LogP contribution is -2.26. The van der Waals surface area contributed by atoms with E-state index in [2.05, 4.69) is 5.32 Å². The van der Waals surface area contributed by atoms with E-state index in [9.17, 15) is 10.1 Å². The Hall–Kier alpha value is -1.82. The van der Waals surface area contributed by atoms with Crippen molar-refractivity contribution in [2.45, 2.75) is 25.4 Å². The average molecular weight is 251 g/mol. The highest BCUT2D eigenvalue weighted by molar-refractivity contribution is 5.65. The van der Waals surface area contributed by atoms with Gasteiger partial charge in [0.15, 0.2) is 0 Å². The molecule has 0 saturated carbocycles. The van der Waals surface area contributed by atoms with Crippen molar-refractivity contribution in [1.82, 2.24) is 0 Å². The van der Waals surface area contributed by atoms with Gasteiger partial charge in [-0.2, -0.15) is 0 Å². The molecule has 6 nitrogen and oxygen atoms in total. The Labute approximate surface area is 105 Å². The lowest BCUT2D eigenvalue weighted by Gasteiger charge is -2.23. The first kappa shape index (κ1) is 12.6. The van der Waals surface area contributed by atoms with Crippen LogP contribution in [0, 0.1) is 10.1 Å². The number of nitrogen functional groups attached to an aromatic ring is 1. The van der Waals surface area contributed by atoms with E-state index >= 15 is 0 Å². The van der Waals surface area contributed by atoms with Gasteiger partial charge in [0.25, 0.3) is 5.69 Å². The summed E-state index contributed by atoms with van der Waals surface area (Å²) in [6.07, 6.45) is 3.58. The summed E-state index contributed by atoms with van der Waals surface area (Å²) in [5.41, 5.74) is 6.52. The number of rotatable bonds is 4. The molecular formula is C12H17N3O3. The summed E-state index contributed by atoms with van der Waals surface area (Å²) in [7, 11) is 0. The SMILES string of the molecule is Nc1cc(NCC2CCCCO2)ccc1[N+](=O)[O-]. The molecule has 0 bridgehead atoms. The van der Waals surface area contributed by atoms with Gasteiger partial charge in [-0.3, -0.25) is 10.1 Å². The van der Waals surface area contributed by atoms with Crippen LogP contribution in [0.4, 0.5) is 17.1 Å². The van der Waals surface area contributed by atoms with E-state index in [-0.39, 0.29) is 17.5 Å². The number of nitrogens with two attached hydrogens (primary N) is 1. The van der Waals surface area contributed by atoms with Gasteiger partial charge in [-0.05, 0) is 31.4 Å². The van der Waals surface area contributed by atoms with Crippen molar-refractivity contribution in [3.05, 3.63) is 28.3 Å². The van der Waals surface area contributed by atoms with Gasteiger partial charge < -0.3 is 15.8 Å². The standard InChI is InChI=1S/C12H17N3O3/c13-11-7-9(4-5-12(11)15(16)17)14-8-10-3-1-2-6-18-10/h4-5,7,10,14H,1-3,6,8,13H2. The number of nitro groups is 1. The lowest BCUT2D eigenvalue weighted by atomic mass is 10.1. The summed E-state index contributed by atoms with van der Waals surface area (Å²) < 4.78 is 5.59. The molecule has 1 aliphatic rings. The third-order valence-electron chi connectivity index (χ3n) is 3.03. The smallest absolute Gasteiger partial charge is 0.292 e. The van der Waals surface area contributed by atoms with Crippen LogP contribution >= 0.6 is 0 Å². The van der Waals surface area contributed by atoms with Crippen LogP contribution in [0.5, 0.6) is 0 Å². The minimum absolute atomic E-state index is 0.0607. The van der Waals surface area contributed by atoms with Gasteiger partial charge in [0, 0.05) is 24.9 Å². The van der Waals surface area contributed by atoms with Crippen LogP contribution in [0.25, 0.3) is 0 Å². The lowest BCUT2D eigenvalue weighted by molar-refractivity contribution is -0.383. The second kappa shape index (κ2) is 5.68. The molecule has 1 unspecified atom stereocenters. The van der Waals surface area contributed by atoms with E-state index in [4.69, 9.17) is 10.5 Å². The third-order valence-corrected chi connectivity index (χ3v) is 3.03. The summed E-state index contributed by atoms with van der Waals surface area (Å²) in [5.74, 6) is 0. The number of ether oxygens (including phenoxy) is 1. The van der Waals surface area contributed by atoms with Crippen LogP contribution in [0.2, 0.25) is 0 Å². The van der Waals surface area contributed by atoms with Gasteiger partial charge in [0.2, 0.25) is 0 Å². The number of anilines is 2. The molecule has 1 aromatic carbocycles. The summed E-state index contributed by atoms with van der Waals surface area (Å²) >= 11 is 0. The van der Waals surface area contributed by atoms with Gasteiger partial charge >= 0.3 is 0 Å². The van der Waals surface area contributed by atoms with E-state index in [1.54, 1.807) is 12.1 Å². The number of nitrogens with zero attached hydrogens (tertiary/aromatic N) is 1. The molecule has 1 heterocycles. The van der Waals surface area contributed by atoms with E-state index in [1.165, 1.54) is 12.5 Å². The highest BCUT2D eigenvalue weighted by atomic mass is 16.6. The van der Waals surface area contributed by atoms with Crippen molar-refractivity contribution in [2.75, 3.05) is 24.2 Å². The number of nitro benzene ring substituents is 1. The molecular weight excluding hydrogens is 234 g/mol. The van der Waals surface area contributed by atoms with Crippen molar-refractivity contribution in [1.29, 1.82) is 0 Å². The fraction of sp³-hybridized carbons (Fsp3) is 0.500. The largest absolute Gasteiger partial charge is 0.393 e. The van der Waals surface area contributed by atoms with E-state index in [1.807, 2.05) is 0 Å². The fourth-order valence-electron chi connectivity index (χ4n) is 2.03. The second-order valence-corrected chi connectivity index (χ2v) is 4.40. The summed E-state index contributed by atoms with van der Waals surface area (Å²) in [6, 6.07) is 4.66. The molecule has 6 heteroatoms. The molecule has 1 saturated heterocycles. The number of benzene rings is 1. The molecule has 98 valence electrons. The van der Waals surface area contributed by atoms with Crippen molar-refractivity contribution in [3.63, 3.8) is 0 Å². The summed E-state index contributed by atoms with van der Waals surface area (Å²) in [6.45, 7) is 1.52. The van der Waals surface area contributed by atoms with Crippen molar-refractivity contribution >= 4 is 17.1 Å². The molecule has 0 radical (unpaired) electrons. The Kier molecular flexibility index (Phi) is 3.99. The van der Waals surface area contributed by atoms with Gasteiger partial charge in [-0.1, -0.05) is 0 Å². The number of hydrogen-bond donors (Lipinski definition) is 2. The zero-order valence-electron chi connectivity index (χ0n) is 10.1. The minimum atomic E-state index is -0.483. The highest BCUT2D eigenvalue weighted by Crippen LogP contribution is 2.25. The van der Waals surface area contributed by atoms with Crippen LogP contribution in [0.1, 0.15) is 19.3 Å². The predicted octanol–water partition coefficient (Wildman–Crippen LogP) is 2.16. The van der Waals surface area contributed by atoms with Crippen LogP contribution in [0.15, 0.2) is 18.2 Å². The normalized spacial score (nSPS) is 19.4. The van der Waals surface area contributed by atoms with Gasteiger partial charge in [0.1, 0.15) is 5.69 Å². The molecule has 18 heavy (non-hydrogen) atoms. The summed E-state index contributed by atoms with van der Waals surface area (Å²) in [5, 5.41) is 13.8. The predicted molar refractivity (Wildman–Crippen MR) is 69.6 cm³/mol. The Morgan fingerprint density at radius 2 is 2.33 bits per heavy atom. The first-order valence-corrected chi connectivity index (χ1v) is 6.06. The fourth-order valence-corrected chi connectivity index (χ4v) is 2.03. The zero-order valence-corrected chi connectivity index (χ0v) is 10.1. The molecule has 1 aliphatic heterocycles. The number of hydrogen-bond acceptors (Lipinski definition) is 5. The first-order valence-electron chi connectivity index (χ1n) is 6.06. The van der Waals surface area contributed by atoms with Crippen molar-refractivity contribution in [3.8, 4) is 0 Å². The molecule has 1 atom stereocenters. The maximum Gasteiger partial charge on any atom is 0.292 e. The van der Waals surface area contributed by atoms with Crippen molar-refractivity contribution < 1.29 is 9.66 Å². The van der Waals surface area contributed by atoms with Gasteiger partial charge in [-0.25, -0.2) is 0 Å². The van der Waals surface area contributed by atoms with E-state index in [0.29, 0.717) is 6.54 Å². The van der Waals surface area contributed by atoms with E-state index in [0.717, 1.165) is 25.1 Å². The molecule has 0 aromatic heterocycles. The Bertz CT molecular complexity index is 431. The third kappa shape index (κ3) is 3.10. The Morgan fingerprint density at radius 3 is 2.94 bits per heavy atom. The zero-order chi connectivity index (χ0) is 13.0.